The molecule has 2 rings (SSSR count). The third kappa shape index (κ3) is 1.67. The van der Waals surface area contributed by atoms with E-state index in [1.54, 1.807) is 7.11 Å². The van der Waals surface area contributed by atoms with Gasteiger partial charge in [-0.05, 0) is 6.42 Å². The van der Waals surface area contributed by atoms with E-state index in [1.807, 2.05) is 11.0 Å². The predicted molar refractivity (Wildman–Crippen MR) is 50.6 cm³/mol. The van der Waals surface area contributed by atoms with Crippen molar-refractivity contribution in [1.29, 1.82) is 0 Å². The van der Waals surface area contributed by atoms with Gasteiger partial charge in [0.25, 0.3) is 0 Å². The van der Waals surface area contributed by atoms with E-state index < -0.39 is 0 Å². The van der Waals surface area contributed by atoms with Crippen LogP contribution in [-0.2, 0) is 14.3 Å². The van der Waals surface area contributed by atoms with E-state index in [-0.39, 0.29) is 24.8 Å². The van der Waals surface area contributed by atoms with Gasteiger partial charge in [0, 0.05) is 13.7 Å². The molecule has 14 heavy (non-hydrogen) atoms. The fourth-order valence-corrected chi connectivity index (χ4v) is 2.08. The number of methoxy groups -OCH3 is 1. The number of rotatable bonds is 3. The van der Waals surface area contributed by atoms with Crippen molar-refractivity contribution in [3.8, 4) is 0 Å². The number of carbonyl (C=O) groups is 1. The first-order valence-corrected chi connectivity index (χ1v) is 4.88. The highest BCUT2D eigenvalue weighted by Crippen LogP contribution is 2.27. The number of ether oxygens (including phenoxy) is 2. The molecule has 2 atom stereocenters. The van der Waals surface area contributed by atoms with Crippen molar-refractivity contribution in [3.63, 3.8) is 0 Å². The van der Waals surface area contributed by atoms with E-state index in [1.165, 1.54) is 0 Å². The van der Waals surface area contributed by atoms with Gasteiger partial charge in [-0.2, -0.15) is 0 Å². The standard InChI is InChI=1S/C10H15NO3/c1-13-7-14-9-6-10(12)11-5-3-2-4-8(9)11/h2-3,8-9H,4-7H2,1H3/t8-,9-/m0/s1. The van der Waals surface area contributed by atoms with Crippen LogP contribution in [0.4, 0.5) is 0 Å². The normalized spacial score (nSPS) is 30.9. The van der Waals surface area contributed by atoms with Crippen molar-refractivity contribution in [2.45, 2.75) is 25.0 Å². The molecule has 0 unspecified atom stereocenters. The lowest BCUT2D eigenvalue weighted by Crippen LogP contribution is -2.39. The second kappa shape index (κ2) is 4.11. The van der Waals surface area contributed by atoms with Crippen LogP contribution >= 0.6 is 0 Å². The Bertz CT molecular complexity index is 252. The van der Waals surface area contributed by atoms with Crippen molar-refractivity contribution >= 4 is 5.91 Å². The van der Waals surface area contributed by atoms with Gasteiger partial charge in [-0.3, -0.25) is 4.79 Å². The Balaban J connectivity index is 1.99. The second-order valence-electron chi connectivity index (χ2n) is 3.64. The van der Waals surface area contributed by atoms with Crippen LogP contribution in [0.5, 0.6) is 0 Å². The number of fused-ring (bicyclic) bond motifs is 1. The maximum Gasteiger partial charge on any atom is 0.225 e. The number of nitrogens with zero attached hydrogens (tertiary/aromatic N) is 1. The lowest BCUT2D eigenvalue weighted by atomic mass is 10.1. The van der Waals surface area contributed by atoms with Crippen LogP contribution in [0.2, 0.25) is 0 Å². The highest BCUT2D eigenvalue weighted by atomic mass is 16.7. The van der Waals surface area contributed by atoms with Crippen molar-refractivity contribution in [1.82, 2.24) is 4.90 Å². The number of hydrogen-bond donors (Lipinski definition) is 0. The lowest BCUT2D eigenvalue weighted by molar-refractivity contribution is -0.128. The Labute approximate surface area is 83.5 Å². The first-order valence-electron chi connectivity index (χ1n) is 4.88. The van der Waals surface area contributed by atoms with Gasteiger partial charge in [0.15, 0.2) is 0 Å². The summed E-state index contributed by atoms with van der Waals surface area (Å²) in [5.74, 6) is 0.195. The predicted octanol–water partition coefficient (Wildman–Crippen LogP) is 0.536. The molecule has 0 N–H and O–H groups in total. The molecule has 4 nitrogen and oxygen atoms in total. The monoisotopic (exact) mass is 197 g/mol. The summed E-state index contributed by atoms with van der Waals surface area (Å²) in [5, 5.41) is 0. The summed E-state index contributed by atoms with van der Waals surface area (Å²) in [6.07, 6.45) is 5.55. The van der Waals surface area contributed by atoms with E-state index in [0.717, 1.165) is 13.0 Å². The molecule has 2 aliphatic rings. The molecule has 1 amide bonds. The topological polar surface area (TPSA) is 38.8 Å². The van der Waals surface area contributed by atoms with Crippen LogP contribution in [-0.4, -0.2) is 43.4 Å². The maximum atomic E-state index is 11.6. The molecular formula is C10H15NO3. The molecule has 0 bridgehead atoms. The van der Waals surface area contributed by atoms with Gasteiger partial charge >= 0.3 is 0 Å². The van der Waals surface area contributed by atoms with E-state index in [9.17, 15) is 4.79 Å². The average Bonchev–Trinajstić information content (AvgIpc) is 2.54. The molecule has 0 radical (unpaired) electrons. The Morgan fingerprint density at radius 3 is 3.21 bits per heavy atom. The third-order valence-corrected chi connectivity index (χ3v) is 2.77. The third-order valence-electron chi connectivity index (χ3n) is 2.77. The van der Waals surface area contributed by atoms with Gasteiger partial charge in [0.2, 0.25) is 5.91 Å². The Morgan fingerprint density at radius 2 is 2.43 bits per heavy atom. The Morgan fingerprint density at radius 1 is 1.57 bits per heavy atom. The zero-order chi connectivity index (χ0) is 9.97. The van der Waals surface area contributed by atoms with E-state index in [0.29, 0.717) is 6.42 Å². The van der Waals surface area contributed by atoms with E-state index in [2.05, 4.69) is 6.08 Å². The summed E-state index contributed by atoms with van der Waals surface area (Å²) in [5.41, 5.74) is 0. The zero-order valence-electron chi connectivity index (χ0n) is 8.31. The van der Waals surface area contributed by atoms with Crippen molar-refractivity contribution in [3.05, 3.63) is 12.2 Å². The second-order valence-corrected chi connectivity index (χ2v) is 3.64. The minimum Gasteiger partial charge on any atom is -0.359 e. The van der Waals surface area contributed by atoms with Gasteiger partial charge in [0.1, 0.15) is 6.79 Å². The molecule has 0 aliphatic carbocycles. The van der Waals surface area contributed by atoms with E-state index in [4.69, 9.17) is 9.47 Å². The molecule has 78 valence electrons. The van der Waals surface area contributed by atoms with E-state index >= 15 is 0 Å². The number of amides is 1. The SMILES string of the molecule is COCO[C@H]1CC(=O)N2CC=CC[C@@H]12. The molecule has 1 saturated heterocycles. The molecule has 0 saturated carbocycles. The molecular weight excluding hydrogens is 182 g/mol. The maximum absolute atomic E-state index is 11.6. The summed E-state index contributed by atoms with van der Waals surface area (Å²) in [7, 11) is 1.59. The van der Waals surface area contributed by atoms with Crippen LogP contribution in [0, 0.1) is 0 Å². The van der Waals surface area contributed by atoms with Gasteiger partial charge in [-0.1, -0.05) is 12.2 Å². The first-order chi connectivity index (χ1) is 6.83. The zero-order valence-corrected chi connectivity index (χ0v) is 8.31. The molecule has 2 aliphatic heterocycles. The molecule has 2 heterocycles. The minimum atomic E-state index is 0.00685. The fraction of sp³-hybridized carbons (Fsp3) is 0.700. The van der Waals surface area contributed by atoms with Crippen LogP contribution in [0.25, 0.3) is 0 Å². The van der Waals surface area contributed by atoms with Crippen molar-refractivity contribution < 1.29 is 14.3 Å². The summed E-state index contributed by atoms with van der Waals surface area (Å²) in [6.45, 7) is 1.00. The van der Waals surface area contributed by atoms with Crippen molar-refractivity contribution in [2.75, 3.05) is 20.4 Å². The van der Waals surface area contributed by atoms with Gasteiger partial charge in [0.05, 0.1) is 18.6 Å². The van der Waals surface area contributed by atoms with Gasteiger partial charge < -0.3 is 14.4 Å². The average molecular weight is 197 g/mol. The summed E-state index contributed by atoms with van der Waals surface area (Å²) < 4.78 is 10.3. The number of hydrogen-bond acceptors (Lipinski definition) is 3. The van der Waals surface area contributed by atoms with Crippen LogP contribution in [0.1, 0.15) is 12.8 Å². The number of carbonyl (C=O) groups excluding carboxylic acids is 1. The lowest BCUT2D eigenvalue weighted by Gasteiger charge is -2.28. The Kier molecular flexibility index (Phi) is 2.84. The quantitative estimate of drug-likeness (QED) is 0.489. The highest BCUT2D eigenvalue weighted by Gasteiger charge is 2.40. The summed E-state index contributed by atoms with van der Waals surface area (Å²) in [4.78, 5) is 13.4. The molecule has 1 fully saturated rings. The van der Waals surface area contributed by atoms with Crippen LogP contribution in [0.3, 0.4) is 0 Å². The minimum absolute atomic E-state index is 0.00685. The molecule has 0 aromatic rings. The van der Waals surface area contributed by atoms with Crippen LogP contribution in [0.15, 0.2) is 12.2 Å². The molecule has 0 aromatic carbocycles. The summed E-state index contributed by atoms with van der Waals surface area (Å²) in [6, 6.07) is 0.225. The first kappa shape index (κ1) is 9.68. The van der Waals surface area contributed by atoms with Gasteiger partial charge in [-0.25, -0.2) is 0 Å². The highest BCUT2D eigenvalue weighted by molar-refractivity contribution is 5.80. The van der Waals surface area contributed by atoms with Crippen LogP contribution < -0.4 is 0 Å². The fourth-order valence-electron chi connectivity index (χ4n) is 2.08. The Hall–Kier alpha value is -0.870. The largest absolute Gasteiger partial charge is 0.359 e. The molecule has 4 heteroatoms. The van der Waals surface area contributed by atoms with Crippen molar-refractivity contribution in [2.24, 2.45) is 0 Å². The molecule has 0 aromatic heterocycles. The summed E-state index contributed by atoms with van der Waals surface area (Å²) >= 11 is 0. The smallest absolute Gasteiger partial charge is 0.225 e. The molecule has 0 spiro atoms. The van der Waals surface area contributed by atoms with Gasteiger partial charge in [-0.15, -0.1) is 0 Å².